The number of pyridine rings is 1. The molecule has 0 saturated heterocycles. The van der Waals surface area contributed by atoms with Crippen LogP contribution in [-0.4, -0.2) is 22.3 Å². The number of anilines is 3. The van der Waals surface area contributed by atoms with E-state index in [0.29, 0.717) is 27.3 Å². The van der Waals surface area contributed by atoms with Gasteiger partial charge in [-0.3, -0.25) is 10.2 Å². The lowest BCUT2D eigenvalue weighted by Crippen LogP contribution is -2.09. The second-order valence-electron chi connectivity index (χ2n) is 6.14. The number of fused-ring (bicyclic) bond motifs is 1. The summed E-state index contributed by atoms with van der Waals surface area (Å²) in [6, 6.07) is 10.4. The van der Waals surface area contributed by atoms with Crippen molar-refractivity contribution in [2.45, 2.75) is 9.24 Å². The molecule has 4 aromatic rings. The van der Waals surface area contributed by atoms with Gasteiger partial charge in [0, 0.05) is 39.8 Å². The molecule has 0 bridgehead atoms. The van der Waals surface area contributed by atoms with Gasteiger partial charge in [-0.2, -0.15) is 5.26 Å². The standard InChI is InChI=1S/C20H13ClN5O3S2/c1-29-17-8-15-13(7-16(17)26(27)28)19(11(9-22)10-24-15)25-12-2-3-18(14(21)6-12)31-20-23-4-5-30-20/h2-8,10,27H,1H3,(H,24,25)/q-1. The Bertz CT molecular complexity index is 1290. The van der Waals surface area contributed by atoms with Gasteiger partial charge in [0.1, 0.15) is 11.8 Å². The molecule has 0 unspecified atom stereocenters. The number of ether oxygens (including phenoxy) is 1. The molecule has 31 heavy (non-hydrogen) atoms. The number of hydrogen-bond acceptors (Lipinski definition) is 10. The molecule has 0 radical (unpaired) electrons. The number of aromatic nitrogens is 2. The van der Waals surface area contributed by atoms with Gasteiger partial charge >= 0.3 is 0 Å². The first-order valence-electron chi connectivity index (χ1n) is 8.71. The summed E-state index contributed by atoms with van der Waals surface area (Å²) in [7, 11) is 1.38. The van der Waals surface area contributed by atoms with Crippen LogP contribution in [0.5, 0.6) is 5.75 Å². The van der Waals surface area contributed by atoms with E-state index in [4.69, 9.17) is 16.3 Å². The fourth-order valence-electron chi connectivity index (χ4n) is 2.90. The molecule has 2 heterocycles. The summed E-state index contributed by atoms with van der Waals surface area (Å²) in [4.78, 5) is 9.34. The highest BCUT2D eigenvalue weighted by atomic mass is 35.5. The maximum absolute atomic E-state index is 11.6. The highest BCUT2D eigenvalue weighted by Crippen LogP contribution is 2.39. The summed E-state index contributed by atoms with van der Waals surface area (Å²) >= 11 is 9.43. The van der Waals surface area contributed by atoms with Crippen molar-refractivity contribution in [3.8, 4) is 11.8 Å². The first-order chi connectivity index (χ1) is 15.0. The Morgan fingerprint density at radius 2 is 2.16 bits per heavy atom. The predicted molar refractivity (Wildman–Crippen MR) is 122 cm³/mol. The number of nitriles is 1. The van der Waals surface area contributed by atoms with Crippen LogP contribution in [0.25, 0.3) is 10.9 Å². The lowest BCUT2D eigenvalue weighted by atomic mass is 10.1. The molecule has 0 aliphatic carbocycles. The van der Waals surface area contributed by atoms with E-state index in [2.05, 4.69) is 21.4 Å². The van der Waals surface area contributed by atoms with E-state index < -0.39 is 0 Å². The van der Waals surface area contributed by atoms with E-state index in [-0.39, 0.29) is 22.2 Å². The third-order valence-electron chi connectivity index (χ3n) is 4.30. The van der Waals surface area contributed by atoms with Gasteiger partial charge in [-0.05, 0) is 24.3 Å². The van der Waals surface area contributed by atoms with Gasteiger partial charge in [0.25, 0.3) is 0 Å². The summed E-state index contributed by atoms with van der Waals surface area (Å²) in [5.41, 5.74) is 1.69. The van der Waals surface area contributed by atoms with E-state index in [1.807, 2.05) is 17.5 Å². The Morgan fingerprint density at radius 3 is 2.81 bits per heavy atom. The zero-order chi connectivity index (χ0) is 22.0. The third kappa shape index (κ3) is 4.36. The average Bonchev–Trinajstić information content (AvgIpc) is 3.28. The van der Waals surface area contributed by atoms with Crippen LogP contribution < -0.4 is 15.3 Å². The molecule has 156 valence electrons. The van der Waals surface area contributed by atoms with Crippen LogP contribution in [0.15, 0.2) is 57.3 Å². The first kappa shape index (κ1) is 21.2. The molecule has 11 heteroatoms. The zero-order valence-electron chi connectivity index (χ0n) is 15.9. The molecule has 0 amide bonds. The van der Waals surface area contributed by atoms with Crippen molar-refractivity contribution < 1.29 is 9.94 Å². The van der Waals surface area contributed by atoms with E-state index in [9.17, 15) is 15.7 Å². The monoisotopic (exact) mass is 470 g/mol. The molecule has 0 spiro atoms. The quantitative estimate of drug-likeness (QED) is 0.336. The second-order valence-corrected chi connectivity index (χ2v) is 8.73. The predicted octanol–water partition coefficient (Wildman–Crippen LogP) is 5.81. The summed E-state index contributed by atoms with van der Waals surface area (Å²) in [5.74, 6) is 0.153. The molecule has 0 saturated carbocycles. The average molecular weight is 471 g/mol. The smallest absolute Gasteiger partial charge is 0.154 e. The van der Waals surface area contributed by atoms with Crippen molar-refractivity contribution in [1.29, 1.82) is 5.26 Å². The van der Waals surface area contributed by atoms with Gasteiger partial charge in [-0.1, -0.05) is 23.4 Å². The lowest BCUT2D eigenvalue weighted by Gasteiger charge is -2.24. The Hall–Kier alpha value is -3.07. The number of halogens is 1. The first-order valence-corrected chi connectivity index (χ1v) is 10.8. The van der Waals surface area contributed by atoms with E-state index in [1.54, 1.807) is 12.3 Å². The lowest BCUT2D eigenvalue weighted by molar-refractivity contribution is 0.290. The molecule has 0 aliphatic rings. The molecule has 0 atom stereocenters. The fourth-order valence-corrected chi connectivity index (χ4v) is 4.78. The summed E-state index contributed by atoms with van der Waals surface area (Å²) in [6.07, 6.45) is 3.15. The van der Waals surface area contributed by atoms with Crippen LogP contribution in [0.3, 0.4) is 0 Å². The molecule has 8 nitrogen and oxygen atoms in total. The number of methoxy groups -OCH3 is 1. The van der Waals surface area contributed by atoms with E-state index in [0.717, 1.165) is 9.24 Å². The van der Waals surface area contributed by atoms with Gasteiger partial charge in [0.15, 0.2) is 4.34 Å². The van der Waals surface area contributed by atoms with Gasteiger partial charge in [-0.15, -0.1) is 11.3 Å². The van der Waals surface area contributed by atoms with Gasteiger partial charge in [0.2, 0.25) is 0 Å². The van der Waals surface area contributed by atoms with Crippen molar-refractivity contribution in [1.82, 2.24) is 9.97 Å². The minimum absolute atomic E-state index is 0.108. The Labute approximate surface area is 190 Å². The summed E-state index contributed by atoms with van der Waals surface area (Å²) in [6.45, 7) is 0. The van der Waals surface area contributed by atoms with Crippen LogP contribution >= 0.6 is 34.7 Å². The van der Waals surface area contributed by atoms with Crippen LogP contribution in [0.2, 0.25) is 5.02 Å². The van der Waals surface area contributed by atoms with E-state index >= 15 is 0 Å². The number of rotatable bonds is 6. The topological polar surface area (TPSA) is 117 Å². The highest BCUT2D eigenvalue weighted by Gasteiger charge is 2.15. The highest BCUT2D eigenvalue weighted by molar-refractivity contribution is 8.01. The Balaban J connectivity index is 1.76. The number of nitrogens with zero attached hydrogens (tertiary/aromatic N) is 4. The van der Waals surface area contributed by atoms with Crippen LogP contribution in [0.1, 0.15) is 5.56 Å². The largest absolute Gasteiger partial charge is 0.733 e. The fraction of sp³-hybridized carbons (Fsp3) is 0.0500. The maximum Gasteiger partial charge on any atom is 0.154 e. The van der Waals surface area contributed by atoms with Crippen LogP contribution in [-0.2, 0) is 0 Å². The molecular weight excluding hydrogens is 458 g/mol. The maximum atomic E-state index is 11.6. The number of hydrogen-bond donors (Lipinski definition) is 2. The molecule has 0 aliphatic heterocycles. The Kier molecular flexibility index (Phi) is 6.13. The second kappa shape index (κ2) is 8.97. The summed E-state index contributed by atoms with van der Waals surface area (Å²) in [5, 5.41) is 36.3. The van der Waals surface area contributed by atoms with Crippen LogP contribution in [0, 0.1) is 16.5 Å². The van der Waals surface area contributed by atoms with Gasteiger partial charge in [0.05, 0.1) is 34.6 Å². The molecule has 4 rings (SSSR count). The minimum Gasteiger partial charge on any atom is -0.733 e. The Morgan fingerprint density at radius 1 is 1.32 bits per heavy atom. The minimum atomic E-state index is -0.289. The SMILES string of the molecule is COc1cc2ncc(C#N)c(Nc3ccc(Sc4nccs4)c(Cl)c3)c2cc1N([O-])O. The van der Waals surface area contributed by atoms with Gasteiger partial charge < -0.3 is 20.5 Å². The normalized spacial score (nSPS) is 10.7. The van der Waals surface area contributed by atoms with Crippen molar-refractivity contribution in [2.75, 3.05) is 17.7 Å². The van der Waals surface area contributed by atoms with Crippen LogP contribution in [0.4, 0.5) is 17.1 Å². The molecular formula is C20H13ClN5O3S2-. The van der Waals surface area contributed by atoms with Crippen molar-refractivity contribution in [2.24, 2.45) is 0 Å². The van der Waals surface area contributed by atoms with Crippen molar-refractivity contribution in [3.63, 3.8) is 0 Å². The van der Waals surface area contributed by atoms with Crippen molar-refractivity contribution >= 4 is 62.7 Å². The number of nitrogens with one attached hydrogen (secondary N) is 1. The molecule has 0 fully saturated rings. The molecule has 2 aromatic heterocycles. The van der Waals surface area contributed by atoms with Gasteiger partial charge in [-0.25, -0.2) is 4.98 Å². The van der Waals surface area contributed by atoms with E-state index in [1.165, 1.54) is 48.5 Å². The number of benzene rings is 2. The molecule has 2 aromatic carbocycles. The number of thiazole rings is 1. The zero-order valence-corrected chi connectivity index (χ0v) is 18.3. The third-order valence-corrected chi connectivity index (χ3v) is 6.69. The van der Waals surface area contributed by atoms with Crippen molar-refractivity contribution in [3.05, 3.63) is 63.9 Å². The summed E-state index contributed by atoms with van der Waals surface area (Å²) < 4.78 is 6.03. The molecule has 2 N–H and O–H groups in total.